The lowest BCUT2D eigenvalue weighted by Crippen LogP contribution is -2.31. The van der Waals surface area contributed by atoms with Crippen molar-refractivity contribution in [1.82, 2.24) is 0 Å². The number of carbonyl (C=O) groups is 2. The van der Waals surface area contributed by atoms with E-state index < -0.39 is 18.0 Å². The van der Waals surface area contributed by atoms with Crippen molar-refractivity contribution in [2.45, 2.75) is 32.8 Å². The number of hydrogen-bond acceptors (Lipinski definition) is 4. The summed E-state index contributed by atoms with van der Waals surface area (Å²) < 4.78 is 9.63. The Morgan fingerprint density at radius 3 is 2.40 bits per heavy atom. The molecule has 0 aliphatic carbocycles. The highest BCUT2D eigenvalue weighted by atomic mass is 16.6. The number of methoxy groups -OCH3 is 1. The van der Waals surface area contributed by atoms with Crippen LogP contribution in [0.2, 0.25) is 0 Å². The molecule has 0 bridgehead atoms. The molecule has 0 N–H and O–H groups in total. The van der Waals surface area contributed by atoms with Gasteiger partial charge in [-0.2, -0.15) is 0 Å². The molecule has 0 aromatic rings. The molecule has 0 saturated carbocycles. The maximum Gasteiger partial charge on any atom is 0.312 e. The van der Waals surface area contributed by atoms with Crippen LogP contribution in [0.5, 0.6) is 0 Å². The van der Waals surface area contributed by atoms with E-state index in [4.69, 9.17) is 4.74 Å². The molecule has 0 aliphatic rings. The summed E-state index contributed by atoms with van der Waals surface area (Å²) in [5, 5.41) is 0. The monoisotopic (exact) mass is 214 g/mol. The normalized spacial score (nSPS) is 13.8. The Balaban J connectivity index is 4.60. The average molecular weight is 214 g/mol. The van der Waals surface area contributed by atoms with Gasteiger partial charge >= 0.3 is 11.9 Å². The first-order chi connectivity index (χ1) is 7.06. The van der Waals surface area contributed by atoms with Gasteiger partial charge in [-0.1, -0.05) is 26.0 Å². The van der Waals surface area contributed by atoms with Crippen LogP contribution in [0.15, 0.2) is 12.7 Å². The van der Waals surface area contributed by atoms with E-state index in [1.165, 1.54) is 20.1 Å². The molecule has 0 amide bonds. The molecule has 0 aromatic heterocycles. The van der Waals surface area contributed by atoms with Gasteiger partial charge in [0.2, 0.25) is 0 Å². The zero-order chi connectivity index (χ0) is 11.8. The van der Waals surface area contributed by atoms with Crippen molar-refractivity contribution < 1.29 is 19.1 Å². The average Bonchev–Trinajstić information content (AvgIpc) is 2.21. The molecule has 2 atom stereocenters. The Kier molecular flexibility index (Phi) is 6.42. The fraction of sp³-hybridized carbons (Fsp3) is 0.636. The number of hydrogen-bond donors (Lipinski definition) is 0. The molecular weight excluding hydrogens is 196 g/mol. The Morgan fingerprint density at radius 2 is 2.07 bits per heavy atom. The van der Waals surface area contributed by atoms with Crippen LogP contribution < -0.4 is 0 Å². The van der Waals surface area contributed by atoms with Gasteiger partial charge in [-0.05, 0) is 6.42 Å². The summed E-state index contributed by atoms with van der Waals surface area (Å²) in [4.78, 5) is 22.2. The predicted octanol–water partition coefficient (Wildman–Crippen LogP) is 1.69. The van der Waals surface area contributed by atoms with Crippen LogP contribution in [0.4, 0.5) is 0 Å². The van der Waals surface area contributed by atoms with Crippen molar-refractivity contribution in [3.8, 4) is 0 Å². The van der Waals surface area contributed by atoms with Gasteiger partial charge in [-0.15, -0.1) is 0 Å². The molecule has 4 heteroatoms. The van der Waals surface area contributed by atoms with Crippen molar-refractivity contribution in [1.29, 1.82) is 0 Å². The number of ether oxygens (including phenoxy) is 2. The summed E-state index contributed by atoms with van der Waals surface area (Å²) in [7, 11) is 1.32. The first kappa shape index (κ1) is 13.7. The molecule has 86 valence electrons. The molecule has 0 aromatic carbocycles. The van der Waals surface area contributed by atoms with Crippen LogP contribution in [-0.2, 0) is 19.1 Å². The Morgan fingerprint density at radius 1 is 1.47 bits per heavy atom. The predicted molar refractivity (Wildman–Crippen MR) is 56.2 cm³/mol. The molecule has 0 radical (unpaired) electrons. The zero-order valence-corrected chi connectivity index (χ0v) is 9.49. The minimum Gasteiger partial charge on any atom is -0.469 e. The van der Waals surface area contributed by atoms with Crippen LogP contribution >= 0.6 is 0 Å². The highest BCUT2D eigenvalue weighted by molar-refractivity contribution is 5.74. The molecule has 0 unspecified atom stereocenters. The van der Waals surface area contributed by atoms with Crippen molar-refractivity contribution in [3.63, 3.8) is 0 Å². The second-order valence-corrected chi connectivity index (χ2v) is 3.23. The minimum absolute atomic E-state index is 0.372. The lowest BCUT2D eigenvalue weighted by molar-refractivity contribution is -0.156. The third-order valence-electron chi connectivity index (χ3n) is 2.03. The van der Waals surface area contributed by atoms with Crippen LogP contribution in [-0.4, -0.2) is 25.2 Å². The molecule has 0 saturated heterocycles. The summed E-state index contributed by atoms with van der Waals surface area (Å²) in [6.45, 7) is 6.80. The highest BCUT2D eigenvalue weighted by Crippen LogP contribution is 2.17. The van der Waals surface area contributed by atoms with Gasteiger partial charge in [-0.3, -0.25) is 9.59 Å². The van der Waals surface area contributed by atoms with Gasteiger partial charge in [-0.25, -0.2) is 0 Å². The van der Waals surface area contributed by atoms with Gasteiger partial charge in [0.05, 0.1) is 13.0 Å². The van der Waals surface area contributed by atoms with E-state index in [0.717, 1.165) is 6.42 Å². The number of esters is 2. The van der Waals surface area contributed by atoms with E-state index in [9.17, 15) is 9.59 Å². The third-order valence-corrected chi connectivity index (χ3v) is 2.03. The van der Waals surface area contributed by atoms with Crippen LogP contribution in [0.1, 0.15) is 26.7 Å². The van der Waals surface area contributed by atoms with Gasteiger partial charge in [0.15, 0.2) is 0 Å². The van der Waals surface area contributed by atoms with E-state index in [1.807, 2.05) is 6.92 Å². The molecule has 0 spiro atoms. The van der Waals surface area contributed by atoms with Gasteiger partial charge in [0.1, 0.15) is 6.10 Å². The SMILES string of the molecule is C=C[C@@H](OC(C)=O)[C@@H](CCC)C(=O)OC. The number of carbonyl (C=O) groups excluding carboxylic acids is 2. The smallest absolute Gasteiger partial charge is 0.312 e. The molecular formula is C11H18O4. The summed E-state index contributed by atoms with van der Waals surface area (Å²) in [6.07, 6.45) is 2.27. The van der Waals surface area contributed by atoms with Crippen LogP contribution in [0, 0.1) is 5.92 Å². The lowest BCUT2D eigenvalue weighted by Gasteiger charge is -2.21. The Labute approximate surface area is 90.2 Å². The maximum atomic E-state index is 11.4. The second-order valence-electron chi connectivity index (χ2n) is 3.23. The zero-order valence-electron chi connectivity index (χ0n) is 9.49. The summed E-state index contributed by atoms with van der Waals surface area (Å²) in [6, 6.07) is 0. The molecule has 0 rings (SSSR count). The van der Waals surface area contributed by atoms with Crippen LogP contribution in [0.25, 0.3) is 0 Å². The fourth-order valence-corrected chi connectivity index (χ4v) is 1.36. The minimum atomic E-state index is -0.602. The van der Waals surface area contributed by atoms with Crippen LogP contribution in [0.3, 0.4) is 0 Å². The second kappa shape index (κ2) is 7.04. The van der Waals surface area contributed by atoms with E-state index in [-0.39, 0.29) is 5.97 Å². The lowest BCUT2D eigenvalue weighted by atomic mass is 9.97. The van der Waals surface area contributed by atoms with Gasteiger partial charge in [0, 0.05) is 6.92 Å². The molecule has 0 aliphatic heterocycles. The Hall–Kier alpha value is -1.32. The van der Waals surface area contributed by atoms with Crippen molar-refractivity contribution >= 4 is 11.9 Å². The van der Waals surface area contributed by atoms with Crippen molar-refractivity contribution in [2.24, 2.45) is 5.92 Å². The quantitative estimate of drug-likeness (QED) is 0.498. The summed E-state index contributed by atoms with van der Waals surface area (Å²) in [5.41, 5.74) is 0. The maximum absolute atomic E-state index is 11.4. The topological polar surface area (TPSA) is 52.6 Å². The first-order valence-corrected chi connectivity index (χ1v) is 4.94. The van der Waals surface area contributed by atoms with Crippen molar-refractivity contribution in [2.75, 3.05) is 7.11 Å². The largest absolute Gasteiger partial charge is 0.469 e. The van der Waals surface area contributed by atoms with Crippen molar-refractivity contribution in [3.05, 3.63) is 12.7 Å². The molecule has 4 nitrogen and oxygen atoms in total. The molecule has 0 heterocycles. The Bertz CT molecular complexity index is 235. The highest BCUT2D eigenvalue weighted by Gasteiger charge is 2.28. The molecule has 0 fully saturated rings. The van der Waals surface area contributed by atoms with E-state index in [0.29, 0.717) is 6.42 Å². The summed E-state index contributed by atoms with van der Waals surface area (Å²) >= 11 is 0. The fourth-order valence-electron chi connectivity index (χ4n) is 1.36. The molecule has 15 heavy (non-hydrogen) atoms. The third kappa shape index (κ3) is 4.63. The van der Waals surface area contributed by atoms with Gasteiger partial charge in [0.25, 0.3) is 0 Å². The standard InChI is InChI=1S/C11H18O4/c1-5-7-9(11(13)14-4)10(6-2)15-8(3)12/h6,9-10H,2,5,7H2,1,3-4H3/t9-,10-/m1/s1. The first-order valence-electron chi connectivity index (χ1n) is 4.94. The van der Waals surface area contributed by atoms with E-state index in [1.54, 1.807) is 0 Å². The van der Waals surface area contributed by atoms with E-state index in [2.05, 4.69) is 11.3 Å². The number of rotatable bonds is 6. The summed E-state index contributed by atoms with van der Waals surface area (Å²) in [5.74, 6) is -1.26. The van der Waals surface area contributed by atoms with E-state index >= 15 is 0 Å². The van der Waals surface area contributed by atoms with Gasteiger partial charge < -0.3 is 9.47 Å².